The predicted molar refractivity (Wildman–Crippen MR) is 53.1 cm³/mol. The molecule has 0 radical (unpaired) electrons. The van der Waals surface area contributed by atoms with Gasteiger partial charge in [0.25, 0.3) is 0 Å². The summed E-state index contributed by atoms with van der Waals surface area (Å²) in [5, 5.41) is 42.6. The van der Waals surface area contributed by atoms with Crippen molar-refractivity contribution in [2.45, 2.75) is 12.2 Å². The summed E-state index contributed by atoms with van der Waals surface area (Å²) < 4.78 is 4.32. The number of aliphatic carboxylic acids is 1. The Bertz CT molecular complexity index is 345. The average molecular weight is 248 g/mol. The van der Waals surface area contributed by atoms with Crippen molar-refractivity contribution in [3.05, 3.63) is 24.2 Å². The number of hydrogen-bond acceptors (Lipinski definition) is 7. The molecule has 1 aliphatic heterocycles. The Morgan fingerprint density at radius 1 is 1.53 bits per heavy atom. The third-order valence-corrected chi connectivity index (χ3v) is 1.65. The van der Waals surface area contributed by atoms with E-state index < -0.39 is 42.3 Å². The summed E-state index contributed by atoms with van der Waals surface area (Å²) in [4.78, 5) is 19.8. The Morgan fingerprint density at radius 2 is 2.00 bits per heavy atom. The minimum atomic E-state index is -1.42. The normalized spacial score (nSPS) is 20.1. The van der Waals surface area contributed by atoms with Crippen molar-refractivity contribution in [2.24, 2.45) is 0 Å². The van der Waals surface area contributed by atoms with Gasteiger partial charge in [0.1, 0.15) is 6.10 Å². The zero-order valence-electron chi connectivity index (χ0n) is 8.61. The Kier molecular flexibility index (Phi) is 5.72. The molecule has 8 nitrogen and oxygen atoms in total. The monoisotopic (exact) mass is 248 g/mol. The number of ether oxygens (including phenoxy) is 1. The Morgan fingerprint density at radius 3 is 2.24 bits per heavy atom. The van der Waals surface area contributed by atoms with Crippen LogP contribution in [0.5, 0.6) is 0 Å². The Labute approximate surface area is 95.7 Å². The highest BCUT2D eigenvalue weighted by Gasteiger charge is 2.38. The number of hydrogen-bond donors (Lipinski definition) is 5. The lowest BCUT2D eigenvalue weighted by molar-refractivity contribution is -0.147. The van der Waals surface area contributed by atoms with Crippen molar-refractivity contribution in [3.63, 3.8) is 0 Å². The smallest absolute Gasteiger partial charge is 0.377 e. The summed E-state index contributed by atoms with van der Waals surface area (Å²) in [5.41, 5.74) is 0. The Hall–Kier alpha value is -2.06. The van der Waals surface area contributed by atoms with E-state index in [1.165, 1.54) is 0 Å². The van der Waals surface area contributed by atoms with Gasteiger partial charge in [-0.3, -0.25) is 0 Å². The van der Waals surface area contributed by atoms with Gasteiger partial charge in [0.15, 0.2) is 11.9 Å². The fourth-order valence-corrected chi connectivity index (χ4v) is 0.823. The summed E-state index contributed by atoms with van der Waals surface area (Å²) in [6, 6.07) is 0. The maximum absolute atomic E-state index is 10.5. The van der Waals surface area contributed by atoms with Crippen LogP contribution in [-0.2, 0) is 14.3 Å². The van der Waals surface area contributed by atoms with Crippen LogP contribution in [0.2, 0.25) is 0 Å². The summed E-state index contributed by atoms with van der Waals surface area (Å²) in [6.45, 7) is 2.29. The maximum atomic E-state index is 10.5. The molecule has 0 aliphatic carbocycles. The number of esters is 1. The SMILES string of the molecule is C=CC(=O)O.O=C1O[C@H](C(O)CO)C(O)=C1O. The van der Waals surface area contributed by atoms with Gasteiger partial charge in [0.05, 0.1) is 6.61 Å². The number of cyclic esters (lactones) is 1. The number of carbonyl (C=O) groups is 2. The molecule has 0 fully saturated rings. The number of aliphatic hydroxyl groups is 4. The first-order chi connectivity index (χ1) is 7.84. The minimum absolute atomic E-state index is 0.671. The van der Waals surface area contributed by atoms with Crippen molar-refractivity contribution in [3.8, 4) is 0 Å². The van der Waals surface area contributed by atoms with Gasteiger partial charge in [-0.1, -0.05) is 6.58 Å². The number of carboxylic acid groups (broad SMARTS) is 1. The molecule has 0 amide bonds. The number of aliphatic hydroxyl groups excluding tert-OH is 4. The van der Waals surface area contributed by atoms with Gasteiger partial charge in [0, 0.05) is 6.08 Å². The predicted octanol–water partition coefficient (Wildman–Crippen LogP) is -1.15. The van der Waals surface area contributed by atoms with Gasteiger partial charge < -0.3 is 30.3 Å². The molecule has 0 saturated carbocycles. The highest BCUT2D eigenvalue weighted by Crippen LogP contribution is 2.20. The van der Waals surface area contributed by atoms with E-state index in [0.717, 1.165) is 6.08 Å². The first-order valence-electron chi connectivity index (χ1n) is 4.32. The largest absolute Gasteiger partial charge is 0.505 e. The molecule has 0 aromatic heterocycles. The lowest BCUT2D eigenvalue weighted by Crippen LogP contribution is -2.31. The lowest BCUT2D eigenvalue weighted by Gasteiger charge is -2.13. The van der Waals surface area contributed by atoms with Crippen LogP contribution in [0.15, 0.2) is 24.2 Å². The number of carbonyl (C=O) groups excluding carboxylic acids is 1. The highest BCUT2D eigenvalue weighted by molar-refractivity contribution is 5.89. The van der Waals surface area contributed by atoms with Gasteiger partial charge in [-0.05, 0) is 0 Å². The molecule has 1 aliphatic rings. The van der Waals surface area contributed by atoms with E-state index in [4.69, 9.17) is 25.5 Å². The summed E-state index contributed by atoms with van der Waals surface area (Å²) in [6.07, 6.45) is -1.94. The van der Waals surface area contributed by atoms with Gasteiger partial charge >= 0.3 is 11.9 Å². The standard InChI is InChI=1S/C6H8O6.C3H4O2/c7-1-2(8)5-3(9)4(10)6(11)12-5;1-2-3(4)5/h2,5,7-10H,1H2;2H,1H2,(H,4,5)/t2?,5-;/m1./s1. The third-order valence-electron chi connectivity index (χ3n) is 1.65. The van der Waals surface area contributed by atoms with Crippen LogP contribution >= 0.6 is 0 Å². The van der Waals surface area contributed by atoms with Crippen molar-refractivity contribution in [1.29, 1.82) is 0 Å². The van der Waals surface area contributed by atoms with Crippen molar-refractivity contribution < 1.29 is 39.9 Å². The second kappa shape index (κ2) is 6.51. The van der Waals surface area contributed by atoms with E-state index in [0.29, 0.717) is 0 Å². The first-order valence-corrected chi connectivity index (χ1v) is 4.32. The van der Waals surface area contributed by atoms with Crippen LogP contribution in [0, 0.1) is 0 Å². The topological polar surface area (TPSA) is 145 Å². The van der Waals surface area contributed by atoms with E-state index in [9.17, 15) is 9.59 Å². The molecule has 8 heteroatoms. The average Bonchev–Trinajstić information content (AvgIpc) is 2.56. The Balaban J connectivity index is 0.000000437. The molecule has 0 spiro atoms. The van der Waals surface area contributed by atoms with Crippen LogP contribution in [-0.4, -0.2) is 56.3 Å². The van der Waals surface area contributed by atoms with E-state index in [2.05, 4.69) is 11.3 Å². The highest BCUT2D eigenvalue weighted by atomic mass is 16.6. The molecule has 1 rings (SSSR count). The van der Waals surface area contributed by atoms with Crippen LogP contribution in [0.3, 0.4) is 0 Å². The molecule has 0 aromatic carbocycles. The molecule has 17 heavy (non-hydrogen) atoms. The van der Waals surface area contributed by atoms with Crippen LogP contribution in [0.25, 0.3) is 0 Å². The van der Waals surface area contributed by atoms with E-state index in [1.807, 2.05) is 0 Å². The number of carboxylic acids is 1. The molecule has 0 bridgehead atoms. The third kappa shape index (κ3) is 4.13. The summed E-state index contributed by atoms with van der Waals surface area (Å²) in [7, 11) is 0. The maximum Gasteiger partial charge on any atom is 0.377 e. The van der Waals surface area contributed by atoms with Gasteiger partial charge in [-0.2, -0.15) is 0 Å². The molecule has 1 heterocycles. The van der Waals surface area contributed by atoms with Gasteiger partial charge in [-0.25, -0.2) is 9.59 Å². The van der Waals surface area contributed by atoms with E-state index in [-0.39, 0.29) is 0 Å². The zero-order valence-corrected chi connectivity index (χ0v) is 8.61. The fourth-order valence-electron chi connectivity index (χ4n) is 0.823. The molecule has 5 N–H and O–H groups in total. The zero-order chi connectivity index (χ0) is 13.6. The molecule has 96 valence electrons. The van der Waals surface area contributed by atoms with Crippen molar-refractivity contribution in [1.82, 2.24) is 0 Å². The van der Waals surface area contributed by atoms with Crippen LogP contribution in [0.4, 0.5) is 0 Å². The minimum Gasteiger partial charge on any atom is -0.505 e. The second-order valence-corrected chi connectivity index (χ2v) is 2.85. The number of rotatable bonds is 3. The van der Waals surface area contributed by atoms with E-state index in [1.54, 1.807) is 0 Å². The quantitative estimate of drug-likeness (QED) is 0.311. The molecule has 2 atom stereocenters. The van der Waals surface area contributed by atoms with Gasteiger partial charge in [0.2, 0.25) is 5.76 Å². The molecule has 1 unspecified atom stereocenters. The summed E-state index contributed by atoms with van der Waals surface area (Å²) in [5.74, 6) is -3.76. The van der Waals surface area contributed by atoms with Crippen LogP contribution in [0.1, 0.15) is 0 Å². The van der Waals surface area contributed by atoms with Crippen molar-refractivity contribution >= 4 is 11.9 Å². The molecular formula is C9H12O8. The first kappa shape index (κ1) is 14.9. The summed E-state index contributed by atoms with van der Waals surface area (Å²) >= 11 is 0. The lowest BCUT2D eigenvalue weighted by atomic mass is 10.2. The van der Waals surface area contributed by atoms with E-state index >= 15 is 0 Å². The van der Waals surface area contributed by atoms with Crippen molar-refractivity contribution in [2.75, 3.05) is 6.61 Å². The fraction of sp³-hybridized carbons (Fsp3) is 0.333. The van der Waals surface area contributed by atoms with Gasteiger partial charge in [-0.15, -0.1) is 0 Å². The molecule has 0 saturated heterocycles. The van der Waals surface area contributed by atoms with Crippen LogP contribution < -0.4 is 0 Å². The molecule has 0 aromatic rings. The second-order valence-electron chi connectivity index (χ2n) is 2.85. The molecular weight excluding hydrogens is 236 g/mol.